The first kappa shape index (κ1) is 11.4. The molecule has 0 amide bonds. The summed E-state index contributed by atoms with van der Waals surface area (Å²) in [6.07, 6.45) is 1.18. The standard InChI is InChI=1S/C10H8ClN3O3/c1-12-14-4-6(10(16)17)8(15)5-2-3-7(11)13-9(5)14/h2-4,12H,1H3,(H,16,17). The van der Waals surface area contributed by atoms with Gasteiger partial charge in [0.2, 0.25) is 5.43 Å². The Hall–Kier alpha value is -2.08. The van der Waals surface area contributed by atoms with E-state index in [1.807, 2.05) is 0 Å². The van der Waals surface area contributed by atoms with Gasteiger partial charge in [-0.05, 0) is 12.1 Å². The van der Waals surface area contributed by atoms with Gasteiger partial charge < -0.3 is 10.5 Å². The van der Waals surface area contributed by atoms with Crippen LogP contribution in [0.3, 0.4) is 0 Å². The second-order valence-electron chi connectivity index (χ2n) is 3.28. The molecular weight excluding hydrogens is 246 g/mol. The number of nitrogens with zero attached hydrogens (tertiary/aromatic N) is 2. The summed E-state index contributed by atoms with van der Waals surface area (Å²) in [5.74, 6) is -1.28. The third-order valence-electron chi connectivity index (χ3n) is 2.29. The lowest BCUT2D eigenvalue weighted by atomic mass is 10.2. The minimum atomic E-state index is -1.28. The van der Waals surface area contributed by atoms with Crippen LogP contribution in [0.1, 0.15) is 10.4 Å². The van der Waals surface area contributed by atoms with Crippen molar-refractivity contribution in [2.45, 2.75) is 0 Å². The number of hydrogen-bond acceptors (Lipinski definition) is 4. The molecule has 2 heterocycles. The number of pyridine rings is 2. The van der Waals surface area contributed by atoms with Gasteiger partial charge in [-0.25, -0.2) is 14.5 Å². The van der Waals surface area contributed by atoms with Crippen LogP contribution in [0.2, 0.25) is 5.15 Å². The van der Waals surface area contributed by atoms with E-state index < -0.39 is 11.4 Å². The van der Waals surface area contributed by atoms with Crippen LogP contribution in [0.5, 0.6) is 0 Å². The fourth-order valence-electron chi connectivity index (χ4n) is 1.50. The minimum Gasteiger partial charge on any atom is -0.477 e. The molecule has 0 bridgehead atoms. The largest absolute Gasteiger partial charge is 0.477 e. The zero-order valence-electron chi connectivity index (χ0n) is 8.77. The summed E-state index contributed by atoms with van der Waals surface area (Å²) >= 11 is 5.73. The van der Waals surface area contributed by atoms with E-state index in [0.29, 0.717) is 0 Å². The molecule has 6 nitrogen and oxygen atoms in total. The number of carboxylic acid groups (broad SMARTS) is 1. The summed E-state index contributed by atoms with van der Waals surface area (Å²) in [5.41, 5.74) is 2.10. The summed E-state index contributed by atoms with van der Waals surface area (Å²) in [7, 11) is 1.58. The van der Waals surface area contributed by atoms with E-state index in [-0.39, 0.29) is 21.7 Å². The lowest BCUT2D eigenvalue weighted by molar-refractivity contribution is 0.0695. The Kier molecular flexibility index (Phi) is 2.72. The number of carboxylic acids is 1. The number of carbonyl (C=O) groups is 1. The predicted molar refractivity (Wildman–Crippen MR) is 63.3 cm³/mol. The average molecular weight is 254 g/mol. The maximum atomic E-state index is 11.8. The molecule has 0 unspecified atom stereocenters. The van der Waals surface area contributed by atoms with Crippen molar-refractivity contribution in [3.05, 3.63) is 39.3 Å². The highest BCUT2D eigenvalue weighted by Crippen LogP contribution is 2.12. The number of fused-ring (bicyclic) bond motifs is 1. The molecule has 0 radical (unpaired) electrons. The highest BCUT2D eigenvalue weighted by molar-refractivity contribution is 6.29. The Morgan fingerprint density at radius 3 is 2.82 bits per heavy atom. The van der Waals surface area contributed by atoms with Gasteiger partial charge in [-0.1, -0.05) is 11.6 Å². The predicted octanol–water partition coefficient (Wildman–Crippen LogP) is 0.921. The summed E-state index contributed by atoms with van der Waals surface area (Å²) in [5, 5.41) is 9.34. The molecule has 2 aromatic heterocycles. The normalized spacial score (nSPS) is 10.5. The average Bonchev–Trinajstić information content (AvgIpc) is 2.29. The van der Waals surface area contributed by atoms with Crippen LogP contribution in [-0.2, 0) is 0 Å². The lowest BCUT2D eigenvalue weighted by Crippen LogP contribution is -2.22. The van der Waals surface area contributed by atoms with Gasteiger partial charge in [0, 0.05) is 13.2 Å². The molecule has 0 saturated heterocycles. The van der Waals surface area contributed by atoms with E-state index in [9.17, 15) is 9.59 Å². The molecule has 0 aliphatic heterocycles. The van der Waals surface area contributed by atoms with Crippen LogP contribution >= 0.6 is 11.6 Å². The summed E-state index contributed by atoms with van der Waals surface area (Å²) in [6.45, 7) is 0. The van der Waals surface area contributed by atoms with Gasteiger partial charge in [0.15, 0.2) is 5.65 Å². The molecule has 2 rings (SSSR count). The third-order valence-corrected chi connectivity index (χ3v) is 2.50. The summed E-state index contributed by atoms with van der Waals surface area (Å²) < 4.78 is 1.34. The van der Waals surface area contributed by atoms with Crippen molar-refractivity contribution < 1.29 is 9.90 Å². The molecular formula is C10H8ClN3O3. The molecule has 88 valence electrons. The smallest absolute Gasteiger partial charge is 0.341 e. The quantitative estimate of drug-likeness (QED) is 0.778. The van der Waals surface area contributed by atoms with E-state index in [0.717, 1.165) is 0 Å². The van der Waals surface area contributed by atoms with E-state index in [1.165, 1.54) is 23.0 Å². The fourth-order valence-corrected chi connectivity index (χ4v) is 1.65. The number of hydrogen-bond donors (Lipinski definition) is 2. The zero-order chi connectivity index (χ0) is 12.6. The zero-order valence-corrected chi connectivity index (χ0v) is 9.52. The van der Waals surface area contributed by atoms with Crippen molar-refractivity contribution in [1.29, 1.82) is 0 Å². The maximum Gasteiger partial charge on any atom is 0.341 e. The number of aromatic carboxylic acids is 1. The van der Waals surface area contributed by atoms with E-state index >= 15 is 0 Å². The SMILES string of the molecule is CNn1cc(C(=O)O)c(=O)c2ccc(Cl)nc21. The Labute approximate surface area is 100 Å². The second-order valence-corrected chi connectivity index (χ2v) is 3.66. The molecule has 0 spiro atoms. The minimum absolute atomic E-state index is 0.198. The Bertz CT molecular complexity index is 666. The molecule has 0 fully saturated rings. The number of nitrogens with one attached hydrogen (secondary N) is 1. The highest BCUT2D eigenvalue weighted by Gasteiger charge is 2.15. The molecule has 2 N–H and O–H groups in total. The van der Waals surface area contributed by atoms with Gasteiger partial charge in [-0.3, -0.25) is 4.79 Å². The van der Waals surface area contributed by atoms with Crippen molar-refractivity contribution in [3.63, 3.8) is 0 Å². The van der Waals surface area contributed by atoms with Gasteiger partial charge in [0.25, 0.3) is 0 Å². The molecule has 17 heavy (non-hydrogen) atoms. The first-order valence-corrected chi connectivity index (χ1v) is 5.05. The Balaban J connectivity index is 2.95. The third kappa shape index (κ3) is 1.83. The van der Waals surface area contributed by atoms with Gasteiger partial charge in [-0.2, -0.15) is 0 Å². The van der Waals surface area contributed by atoms with Gasteiger partial charge >= 0.3 is 5.97 Å². The molecule has 0 aromatic carbocycles. The van der Waals surface area contributed by atoms with Crippen molar-refractivity contribution >= 4 is 28.6 Å². The van der Waals surface area contributed by atoms with Crippen molar-refractivity contribution in [1.82, 2.24) is 9.66 Å². The summed E-state index contributed by atoms with van der Waals surface area (Å²) in [6, 6.07) is 2.89. The van der Waals surface area contributed by atoms with Gasteiger partial charge in [-0.15, -0.1) is 0 Å². The number of halogens is 1. The molecule has 0 aliphatic carbocycles. The maximum absolute atomic E-state index is 11.8. The van der Waals surface area contributed by atoms with Gasteiger partial charge in [0.05, 0.1) is 5.39 Å². The van der Waals surface area contributed by atoms with Crippen LogP contribution in [0.25, 0.3) is 11.0 Å². The van der Waals surface area contributed by atoms with Crippen molar-refractivity contribution in [3.8, 4) is 0 Å². The Morgan fingerprint density at radius 2 is 2.24 bits per heavy atom. The van der Waals surface area contributed by atoms with E-state index in [2.05, 4.69) is 10.4 Å². The van der Waals surface area contributed by atoms with Gasteiger partial charge in [0.1, 0.15) is 10.7 Å². The molecule has 2 aromatic rings. The first-order valence-electron chi connectivity index (χ1n) is 4.67. The van der Waals surface area contributed by atoms with Crippen LogP contribution in [0.4, 0.5) is 0 Å². The lowest BCUT2D eigenvalue weighted by Gasteiger charge is -2.10. The van der Waals surface area contributed by atoms with Crippen LogP contribution in [0, 0.1) is 0 Å². The van der Waals surface area contributed by atoms with Crippen molar-refractivity contribution in [2.75, 3.05) is 12.5 Å². The number of rotatable bonds is 2. The second kappa shape index (κ2) is 4.06. The first-order chi connectivity index (χ1) is 8.04. The molecule has 0 atom stereocenters. The molecule has 0 saturated carbocycles. The van der Waals surface area contributed by atoms with Crippen LogP contribution in [-0.4, -0.2) is 27.8 Å². The molecule has 0 aliphatic rings. The van der Waals surface area contributed by atoms with E-state index in [1.54, 1.807) is 7.05 Å². The van der Waals surface area contributed by atoms with Crippen LogP contribution in [0.15, 0.2) is 23.1 Å². The Morgan fingerprint density at radius 1 is 1.53 bits per heavy atom. The van der Waals surface area contributed by atoms with Crippen molar-refractivity contribution in [2.24, 2.45) is 0 Å². The summed E-state index contributed by atoms with van der Waals surface area (Å²) in [4.78, 5) is 26.7. The van der Waals surface area contributed by atoms with E-state index in [4.69, 9.17) is 16.7 Å². The molecule has 7 heteroatoms. The fraction of sp³-hybridized carbons (Fsp3) is 0.100. The highest BCUT2D eigenvalue weighted by atomic mass is 35.5. The van der Waals surface area contributed by atoms with Crippen LogP contribution < -0.4 is 10.9 Å². The monoisotopic (exact) mass is 253 g/mol. The number of aromatic nitrogens is 2. The topological polar surface area (TPSA) is 84.2 Å².